The first-order chi connectivity index (χ1) is 27.8. The maximum absolute atomic E-state index is 13.7. The van der Waals surface area contributed by atoms with Crippen molar-refractivity contribution in [3.8, 4) is 0 Å². The van der Waals surface area contributed by atoms with Gasteiger partial charge in [0.15, 0.2) is 23.0 Å². The van der Waals surface area contributed by atoms with E-state index in [0.29, 0.717) is 19.3 Å². The molecule has 0 spiro atoms. The molecule has 336 valence electrons. The van der Waals surface area contributed by atoms with Gasteiger partial charge >= 0.3 is 0 Å². The number of hydrogen-bond acceptors (Lipinski definition) is 6. The number of hydrogen-bond donors (Lipinski definition) is 3. The maximum Gasteiger partial charge on any atom is 0.219 e. The van der Waals surface area contributed by atoms with E-state index in [2.05, 4.69) is 32.9 Å². The van der Waals surface area contributed by atoms with E-state index >= 15 is 0 Å². The fourth-order valence-electron chi connectivity index (χ4n) is 8.20. The molecule has 57 heavy (non-hydrogen) atoms. The van der Waals surface area contributed by atoms with Crippen LogP contribution in [0.4, 0.5) is 0 Å². The van der Waals surface area contributed by atoms with E-state index in [-0.39, 0.29) is 19.3 Å². The van der Waals surface area contributed by atoms with E-state index in [4.69, 9.17) is 0 Å². The minimum Gasteiger partial charge on any atom is -0.393 e. The Morgan fingerprint density at radius 2 is 0.579 bits per heavy atom. The molecular weight excluding hydrogens is 709 g/mol. The molecule has 3 N–H and O–H groups in total. The summed E-state index contributed by atoms with van der Waals surface area (Å²) in [6.45, 7) is 5.56. The fourth-order valence-corrected chi connectivity index (χ4v) is 8.20. The highest BCUT2D eigenvalue weighted by Gasteiger charge is 2.62. The van der Waals surface area contributed by atoms with Crippen LogP contribution >= 0.6 is 0 Å². The molecule has 0 saturated heterocycles. The van der Waals surface area contributed by atoms with Gasteiger partial charge in [-0.1, -0.05) is 226 Å². The van der Waals surface area contributed by atoms with Crippen LogP contribution < -0.4 is 0 Å². The average Bonchev–Trinajstić information content (AvgIpc) is 3.21. The van der Waals surface area contributed by atoms with Gasteiger partial charge < -0.3 is 15.3 Å². The highest BCUT2D eigenvalue weighted by atomic mass is 16.4. The Morgan fingerprint density at radius 1 is 0.351 bits per heavy atom. The standard InChI is InChI=1S/C51H96O6/c1-4-7-10-13-16-19-22-24-25-27-30-33-36-39-42-45-49(55)51(57,48(54)44-41-38-35-32-29-26-23-20-17-14-11-8-5-2)50(56,46-52)47(53)43-40-37-34-31-28-21-18-15-12-9-6-3/h19,22,52,56-57H,4-18,20-21,23-46H2,1-3H3/b22-19+. The summed E-state index contributed by atoms with van der Waals surface area (Å²) in [5, 5.41) is 33.9. The molecule has 0 bridgehead atoms. The van der Waals surface area contributed by atoms with E-state index in [9.17, 15) is 29.7 Å². The SMILES string of the molecule is CCCCCC/C=C/CCCCCCCCCC(=O)C(O)(C(=O)CCCCCCCCCCCCCCC)C(O)(CO)C(=O)CCCCCCCCCCCCC. The summed E-state index contributed by atoms with van der Waals surface area (Å²) in [6.07, 6.45) is 45.7. The van der Waals surface area contributed by atoms with Crippen molar-refractivity contribution < 1.29 is 29.7 Å². The van der Waals surface area contributed by atoms with Gasteiger partial charge in [0.05, 0.1) is 6.61 Å². The highest BCUT2D eigenvalue weighted by Crippen LogP contribution is 2.32. The zero-order valence-electron chi connectivity index (χ0n) is 38.2. The van der Waals surface area contributed by atoms with Gasteiger partial charge in [-0.25, -0.2) is 0 Å². The maximum atomic E-state index is 13.7. The summed E-state index contributed by atoms with van der Waals surface area (Å²) in [5.74, 6) is -2.45. The smallest absolute Gasteiger partial charge is 0.219 e. The normalized spacial score (nSPS) is 13.9. The Hall–Kier alpha value is -1.37. The molecule has 0 aliphatic heterocycles. The third-order valence-corrected chi connectivity index (χ3v) is 12.3. The third kappa shape index (κ3) is 27.9. The molecule has 0 aromatic rings. The summed E-state index contributed by atoms with van der Waals surface area (Å²) in [6, 6.07) is 0. The molecule has 0 amide bonds. The predicted molar refractivity (Wildman–Crippen MR) is 243 cm³/mol. The Kier molecular flexibility index (Phi) is 39.1. The predicted octanol–water partition coefficient (Wildman–Crippen LogP) is 14.4. The van der Waals surface area contributed by atoms with E-state index in [1.54, 1.807) is 0 Å². The van der Waals surface area contributed by atoms with Crippen LogP contribution in [-0.2, 0) is 14.4 Å². The van der Waals surface area contributed by atoms with Gasteiger partial charge in [-0.05, 0) is 44.9 Å². The van der Waals surface area contributed by atoms with Crippen molar-refractivity contribution in [1.29, 1.82) is 0 Å². The van der Waals surface area contributed by atoms with Crippen LogP contribution in [0.5, 0.6) is 0 Å². The summed E-state index contributed by atoms with van der Waals surface area (Å²) >= 11 is 0. The summed E-state index contributed by atoms with van der Waals surface area (Å²) in [4.78, 5) is 41.0. The zero-order valence-corrected chi connectivity index (χ0v) is 38.2. The summed E-state index contributed by atoms with van der Waals surface area (Å²) in [5.41, 5.74) is -5.74. The monoisotopic (exact) mass is 805 g/mol. The number of Topliss-reactive ketones (excluding diaryl/α,β-unsaturated/α-hetero) is 3. The molecule has 0 aliphatic carbocycles. The molecule has 0 aromatic heterocycles. The molecular formula is C51H96O6. The number of unbranched alkanes of at least 4 members (excludes halogenated alkanes) is 33. The number of carbonyl (C=O) groups excluding carboxylic acids is 3. The second-order valence-corrected chi connectivity index (χ2v) is 17.6. The van der Waals surface area contributed by atoms with Crippen LogP contribution in [-0.4, -0.2) is 50.5 Å². The lowest BCUT2D eigenvalue weighted by Crippen LogP contribution is -2.69. The molecule has 6 nitrogen and oxygen atoms in total. The molecule has 0 radical (unpaired) electrons. The quantitative estimate of drug-likeness (QED) is 0.0321. The Labute approximate surface area is 353 Å². The molecule has 6 heteroatoms. The molecule has 0 heterocycles. The van der Waals surface area contributed by atoms with Crippen molar-refractivity contribution >= 4 is 17.3 Å². The van der Waals surface area contributed by atoms with Crippen molar-refractivity contribution in [2.45, 2.75) is 289 Å². The van der Waals surface area contributed by atoms with Crippen LogP contribution in [0.25, 0.3) is 0 Å². The molecule has 0 saturated carbocycles. The van der Waals surface area contributed by atoms with Gasteiger partial charge in [-0.2, -0.15) is 0 Å². The second-order valence-electron chi connectivity index (χ2n) is 17.6. The molecule has 0 aliphatic rings. The van der Waals surface area contributed by atoms with Gasteiger partial charge in [0, 0.05) is 19.3 Å². The van der Waals surface area contributed by atoms with E-state index in [1.807, 2.05) is 0 Å². The number of carbonyl (C=O) groups is 3. The molecule has 0 rings (SSSR count). The van der Waals surface area contributed by atoms with Gasteiger partial charge in [0.25, 0.3) is 0 Å². The Morgan fingerprint density at radius 3 is 0.860 bits per heavy atom. The Balaban J connectivity index is 4.95. The number of aliphatic hydroxyl groups excluding tert-OH is 1. The summed E-state index contributed by atoms with van der Waals surface area (Å²) < 4.78 is 0. The van der Waals surface area contributed by atoms with Crippen molar-refractivity contribution in [3.05, 3.63) is 12.2 Å². The minimum atomic E-state index is -2.92. The van der Waals surface area contributed by atoms with Gasteiger partial charge in [-0.3, -0.25) is 14.4 Å². The van der Waals surface area contributed by atoms with E-state index < -0.39 is 35.2 Å². The molecule has 0 aromatic carbocycles. The van der Waals surface area contributed by atoms with E-state index in [1.165, 1.54) is 148 Å². The molecule has 2 atom stereocenters. The minimum absolute atomic E-state index is 0.0789. The van der Waals surface area contributed by atoms with Gasteiger partial charge in [0.2, 0.25) is 5.60 Å². The van der Waals surface area contributed by atoms with E-state index in [0.717, 1.165) is 70.6 Å². The van der Waals surface area contributed by atoms with Crippen LogP contribution in [0.15, 0.2) is 12.2 Å². The Bertz CT molecular complexity index is 961. The largest absolute Gasteiger partial charge is 0.393 e. The lowest BCUT2D eigenvalue weighted by molar-refractivity contribution is -0.194. The zero-order chi connectivity index (χ0) is 42.1. The third-order valence-electron chi connectivity index (χ3n) is 12.3. The van der Waals surface area contributed by atoms with Gasteiger partial charge in [-0.15, -0.1) is 0 Å². The van der Waals surface area contributed by atoms with Crippen molar-refractivity contribution in [3.63, 3.8) is 0 Å². The molecule has 2 unspecified atom stereocenters. The van der Waals surface area contributed by atoms with Crippen molar-refractivity contribution in [1.82, 2.24) is 0 Å². The number of aliphatic hydroxyl groups is 3. The lowest BCUT2D eigenvalue weighted by Gasteiger charge is -2.39. The highest BCUT2D eigenvalue weighted by molar-refractivity contribution is 6.16. The van der Waals surface area contributed by atoms with Gasteiger partial charge in [0.1, 0.15) is 0 Å². The fraction of sp³-hybridized carbons (Fsp3) is 0.902. The lowest BCUT2D eigenvalue weighted by atomic mass is 9.71. The number of ketones is 3. The van der Waals surface area contributed by atoms with Crippen LogP contribution in [0, 0.1) is 0 Å². The van der Waals surface area contributed by atoms with Crippen LogP contribution in [0.3, 0.4) is 0 Å². The number of rotatable bonds is 46. The topological polar surface area (TPSA) is 112 Å². The first-order valence-corrected chi connectivity index (χ1v) is 25.1. The van der Waals surface area contributed by atoms with Crippen molar-refractivity contribution in [2.24, 2.45) is 0 Å². The number of allylic oxidation sites excluding steroid dienone is 2. The van der Waals surface area contributed by atoms with Crippen molar-refractivity contribution in [2.75, 3.05) is 6.61 Å². The second kappa shape index (κ2) is 40.1. The first-order valence-electron chi connectivity index (χ1n) is 25.1. The van der Waals surface area contributed by atoms with Crippen LogP contribution in [0.2, 0.25) is 0 Å². The summed E-state index contributed by atoms with van der Waals surface area (Å²) in [7, 11) is 0. The average molecular weight is 805 g/mol. The van der Waals surface area contributed by atoms with Crippen LogP contribution in [0.1, 0.15) is 278 Å². The first kappa shape index (κ1) is 55.6. The molecule has 0 fully saturated rings.